The molecule has 0 heterocycles. The van der Waals surface area contributed by atoms with E-state index in [2.05, 4.69) is 42.5 Å². The van der Waals surface area contributed by atoms with E-state index in [1.165, 1.54) is 0 Å². The van der Waals surface area contributed by atoms with Gasteiger partial charge in [0, 0.05) is 21.2 Å². The van der Waals surface area contributed by atoms with Crippen molar-refractivity contribution in [1.82, 2.24) is 0 Å². The molecule has 3 nitrogen and oxygen atoms in total. The van der Waals surface area contributed by atoms with Gasteiger partial charge < -0.3 is 10.6 Å². The average molecular weight is 412 g/mol. The van der Waals surface area contributed by atoms with E-state index >= 15 is 0 Å². The summed E-state index contributed by atoms with van der Waals surface area (Å²) in [6.07, 6.45) is 0. The van der Waals surface area contributed by atoms with E-state index in [1.807, 2.05) is 50.2 Å². The molecular weight excluding hydrogens is 396 g/mol. The molecule has 2 aromatic rings. The summed E-state index contributed by atoms with van der Waals surface area (Å²) < 4.78 is 1.67. The number of halogens is 2. The molecule has 2 rings (SSSR count). The second-order valence-corrected chi connectivity index (χ2v) is 6.34. The Kier molecular flexibility index (Phi) is 5.42. The monoisotopic (exact) mass is 410 g/mol. The smallest absolute Gasteiger partial charge is 0.257 e. The number of carbonyl (C=O) groups is 1. The molecule has 0 fully saturated rings. The summed E-state index contributed by atoms with van der Waals surface area (Å²) in [5.74, 6) is -0.140. The highest BCUT2D eigenvalue weighted by atomic mass is 79.9. The average Bonchev–Trinajstić information content (AvgIpc) is 2.43. The van der Waals surface area contributed by atoms with Crippen LogP contribution in [-0.2, 0) is 0 Å². The van der Waals surface area contributed by atoms with E-state index in [0.717, 1.165) is 32.4 Å². The Morgan fingerprint density at radius 3 is 2.43 bits per heavy atom. The second-order valence-electron chi connectivity index (χ2n) is 4.63. The molecule has 1 amide bonds. The number of carbonyl (C=O) groups excluding carboxylic acids is 1. The van der Waals surface area contributed by atoms with Crippen LogP contribution >= 0.6 is 31.9 Å². The maximum Gasteiger partial charge on any atom is 0.257 e. The van der Waals surface area contributed by atoms with Crippen molar-refractivity contribution in [1.29, 1.82) is 0 Å². The molecule has 0 bridgehead atoms. The molecule has 0 aliphatic heterocycles. The number of benzene rings is 2. The highest BCUT2D eigenvalue weighted by Gasteiger charge is 2.14. The van der Waals surface area contributed by atoms with Crippen LogP contribution < -0.4 is 10.6 Å². The zero-order chi connectivity index (χ0) is 15.4. The Bertz CT molecular complexity index is 651. The third-order valence-corrected chi connectivity index (χ3v) is 4.31. The lowest BCUT2D eigenvalue weighted by Crippen LogP contribution is -2.15. The Morgan fingerprint density at radius 1 is 1.14 bits per heavy atom. The molecule has 2 N–H and O–H groups in total. The second kappa shape index (κ2) is 7.09. The van der Waals surface area contributed by atoms with E-state index in [-0.39, 0.29) is 5.91 Å². The Labute approximate surface area is 141 Å². The van der Waals surface area contributed by atoms with Gasteiger partial charge in [-0.2, -0.15) is 0 Å². The fourth-order valence-corrected chi connectivity index (χ4v) is 3.19. The van der Waals surface area contributed by atoms with E-state index in [4.69, 9.17) is 0 Å². The van der Waals surface area contributed by atoms with Gasteiger partial charge in [-0.05, 0) is 75.5 Å². The third kappa shape index (κ3) is 3.86. The first-order valence-corrected chi connectivity index (χ1v) is 8.21. The molecule has 2 aromatic carbocycles. The minimum absolute atomic E-state index is 0.140. The van der Waals surface area contributed by atoms with E-state index in [9.17, 15) is 4.79 Å². The molecule has 0 aliphatic carbocycles. The molecule has 0 saturated carbocycles. The lowest BCUT2D eigenvalue weighted by molar-refractivity contribution is 0.102. The van der Waals surface area contributed by atoms with Gasteiger partial charge >= 0.3 is 0 Å². The largest absolute Gasteiger partial charge is 0.385 e. The van der Waals surface area contributed by atoms with Crippen LogP contribution in [0.15, 0.2) is 45.3 Å². The van der Waals surface area contributed by atoms with Gasteiger partial charge in [-0.1, -0.05) is 12.1 Å². The number of rotatable bonds is 4. The SMILES string of the molecule is CCNc1cc(C)ccc1C(=O)Nc1c(Br)cccc1Br. The number of aryl methyl sites for hydroxylation is 1. The molecule has 0 aliphatic rings. The van der Waals surface area contributed by atoms with Crippen LogP contribution in [0.25, 0.3) is 0 Å². The van der Waals surface area contributed by atoms with Crippen molar-refractivity contribution in [2.24, 2.45) is 0 Å². The normalized spacial score (nSPS) is 10.3. The van der Waals surface area contributed by atoms with Crippen molar-refractivity contribution < 1.29 is 4.79 Å². The number of anilines is 2. The number of hydrogen-bond donors (Lipinski definition) is 2. The number of nitrogens with one attached hydrogen (secondary N) is 2. The van der Waals surface area contributed by atoms with Gasteiger partial charge in [-0.25, -0.2) is 0 Å². The van der Waals surface area contributed by atoms with Gasteiger partial charge in [-0.15, -0.1) is 0 Å². The summed E-state index contributed by atoms with van der Waals surface area (Å²) in [7, 11) is 0. The topological polar surface area (TPSA) is 41.1 Å². The zero-order valence-electron chi connectivity index (χ0n) is 11.8. The molecule has 0 atom stereocenters. The van der Waals surface area contributed by atoms with E-state index in [0.29, 0.717) is 5.56 Å². The first kappa shape index (κ1) is 16.0. The predicted molar refractivity (Wildman–Crippen MR) is 95.1 cm³/mol. The number of para-hydroxylation sites is 1. The summed E-state index contributed by atoms with van der Waals surface area (Å²) in [5, 5.41) is 6.17. The molecule has 5 heteroatoms. The number of hydrogen-bond acceptors (Lipinski definition) is 2. The molecule has 0 saturated heterocycles. The van der Waals surface area contributed by atoms with Crippen LogP contribution in [0.5, 0.6) is 0 Å². The first-order chi connectivity index (χ1) is 10.0. The van der Waals surface area contributed by atoms with Crippen LogP contribution in [0, 0.1) is 6.92 Å². The quantitative estimate of drug-likeness (QED) is 0.725. The van der Waals surface area contributed by atoms with E-state index in [1.54, 1.807) is 0 Å². The van der Waals surface area contributed by atoms with Gasteiger partial charge in [-0.3, -0.25) is 4.79 Å². The summed E-state index contributed by atoms with van der Waals surface area (Å²) in [6, 6.07) is 11.4. The fourth-order valence-electron chi connectivity index (χ4n) is 1.99. The Balaban J connectivity index is 2.32. The molecule has 110 valence electrons. The van der Waals surface area contributed by atoms with Crippen molar-refractivity contribution in [2.45, 2.75) is 13.8 Å². The maximum absolute atomic E-state index is 12.5. The Morgan fingerprint density at radius 2 is 1.81 bits per heavy atom. The lowest BCUT2D eigenvalue weighted by atomic mass is 10.1. The van der Waals surface area contributed by atoms with Crippen molar-refractivity contribution in [3.8, 4) is 0 Å². The Hall–Kier alpha value is -1.33. The van der Waals surface area contributed by atoms with Crippen LogP contribution in [0.1, 0.15) is 22.8 Å². The van der Waals surface area contributed by atoms with Gasteiger partial charge in [0.25, 0.3) is 5.91 Å². The van der Waals surface area contributed by atoms with Gasteiger partial charge in [0.1, 0.15) is 0 Å². The van der Waals surface area contributed by atoms with Crippen LogP contribution in [0.2, 0.25) is 0 Å². The van der Waals surface area contributed by atoms with Crippen LogP contribution in [0.4, 0.5) is 11.4 Å². The minimum Gasteiger partial charge on any atom is -0.385 e. The van der Waals surface area contributed by atoms with Crippen molar-refractivity contribution in [2.75, 3.05) is 17.2 Å². The highest BCUT2D eigenvalue weighted by Crippen LogP contribution is 2.31. The molecular formula is C16H16Br2N2O. The molecule has 0 spiro atoms. The fraction of sp³-hybridized carbons (Fsp3) is 0.188. The summed E-state index contributed by atoms with van der Waals surface area (Å²) in [5.41, 5.74) is 3.32. The maximum atomic E-state index is 12.5. The van der Waals surface area contributed by atoms with Crippen LogP contribution in [-0.4, -0.2) is 12.5 Å². The summed E-state index contributed by atoms with van der Waals surface area (Å²) >= 11 is 6.90. The first-order valence-electron chi connectivity index (χ1n) is 6.62. The summed E-state index contributed by atoms with van der Waals surface area (Å²) in [6.45, 7) is 4.78. The third-order valence-electron chi connectivity index (χ3n) is 2.99. The molecule has 21 heavy (non-hydrogen) atoms. The van der Waals surface area contributed by atoms with Crippen LogP contribution in [0.3, 0.4) is 0 Å². The standard InChI is InChI=1S/C16H16Br2N2O/c1-3-19-14-9-10(2)7-8-11(14)16(21)20-15-12(17)5-4-6-13(15)18/h4-9,19H,3H2,1-2H3,(H,20,21). The summed E-state index contributed by atoms with van der Waals surface area (Å²) in [4.78, 5) is 12.5. The molecule has 0 radical (unpaired) electrons. The lowest BCUT2D eigenvalue weighted by Gasteiger charge is -2.13. The molecule has 0 unspecified atom stereocenters. The predicted octanol–water partition coefficient (Wildman–Crippen LogP) is 5.20. The van der Waals surface area contributed by atoms with Crippen molar-refractivity contribution in [3.05, 3.63) is 56.5 Å². The molecule has 0 aromatic heterocycles. The number of amides is 1. The van der Waals surface area contributed by atoms with Gasteiger partial charge in [0.2, 0.25) is 0 Å². The van der Waals surface area contributed by atoms with Crippen molar-refractivity contribution >= 4 is 49.1 Å². The van der Waals surface area contributed by atoms with Gasteiger partial charge in [0.05, 0.1) is 11.3 Å². The van der Waals surface area contributed by atoms with Gasteiger partial charge in [0.15, 0.2) is 0 Å². The van der Waals surface area contributed by atoms with E-state index < -0.39 is 0 Å². The zero-order valence-corrected chi connectivity index (χ0v) is 15.0. The van der Waals surface area contributed by atoms with Crippen molar-refractivity contribution in [3.63, 3.8) is 0 Å². The minimum atomic E-state index is -0.140. The highest BCUT2D eigenvalue weighted by molar-refractivity contribution is 9.11.